The fraction of sp³-hybridized carbons (Fsp3) is 0.444. The lowest BCUT2D eigenvalue weighted by atomic mass is 10.0. The van der Waals surface area contributed by atoms with E-state index in [1.165, 1.54) is 25.2 Å². The molecule has 4 heteroatoms. The summed E-state index contributed by atoms with van der Waals surface area (Å²) in [4.78, 5) is 12.2. The summed E-state index contributed by atoms with van der Waals surface area (Å²) in [6.45, 7) is 2.98. The van der Waals surface area contributed by atoms with Gasteiger partial charge in [-0.05, 0) is 26.0 Å². The summed E-state index contributed by atoms with van der Waals surface area (Å²) in [5, 5.41) is 9.38. The lowest BCUT2D eigenvalue weighted by Crippen LogP contribution is -2.32. The van der Waals surface area contributed by atoms with Crippen LogP contribution in [0.4, 0.5) is 0 Å². The Morgan fingerprint density at radius 3 is 2.62 bits per heavy atom. The largest absolute Gasteiger partial charge is 0.383 e. The molecule has 1 aromatic heterocycles. The number of thiophene rings is 1. The highest BCUT2D eigenvalue weighted by molar-refractivity contribution is 7.16. The minimum atomic E-state index is -1.25. The Balaban J connectivity index is 2.65. The third-order valence-corrected chi connectivity index (χ3v) is 2.88. The third-order valence-electron chi connectivity index (χ3n) is 1.65. The summed E-state index contributed by atoms with van der Waals surface area (Å²) in [5.74, 6) is -0.189. The first-order valence-corrected chi connectivity index (χ1v) is 5.09. The monoisotopic (exact) mass is 218 g/mol. The van der Waals surface area contributed by atoms with Gasteiger partial charge in [-0.15, -0.1) is 11.3 Å². The molecule has 0 aliphatic carbocycles. The van der Waals surface area contributed by atoms with E-state index < -0.39 is 5.60 Å². The van der Waals surface area contributed by atoms with Crippen molar-refractivity contribution in [2.24, 2.45) is 0 Å². The van der Waals surface area contributed by atoms with Crippen LogP contribution in [0.15, 0.2) is 12.1 Å². The molecular weight excluding hydrogens is 208 g/mol. The number of ketones is 1. The molecule has 0 aliphatic rings. The second kappa shape index (κ2) is 3.78. The maximum atomic E-state index is 11.4. The van der Waals surface area contributed by atoms with Gasteiger partial charge in [0.2, 0.25) is 0 Å². The summed E-state index contributed by atoms with van der Waals surface area (Å²) in [5.41, 5.74) is -1.25. The Kier molecular flexibility index (Phi) is 3.11. The molecule has 0 saturated heterocycles. The maximum absolute atomic E-state index is 11.4. The van der Waals surface area contributed by atoms with Gasteiger partial charge in [0.1, 0.15) is 5.60 Å². The number of hydrogen-bond donors (Lipinski definition) is 1. The number of rotatable bonds is 3. The number of carbonyl (C=O) groups is 1. The molecule has 0 fully saturated rings. The van der Waals surface area contributed by atoms with Crippen LogP contribution in [0.1, 0.15) is 18.7 Å². The molecule has 2 nitrogen and oxygen atoms in total. The van der Waals surface area contributed by atoms with Gasteiger partial charge in [0.15, 0.2) is 5.78 Å². The van der Waals surface area contributed by atoms with Crippen LogP contribution in [-0.4, -0.2) is 16.5 Å². The summed E-state index contributed by atoms with van der Waals surface area (Å²) >= 11 is 7.07. The Bertz CT molecular complexity index is 312. The van der Waals surface area contributed by atoms with Crippen LogP contribution in [0.2, 0.25) is 4.34 Å². The molecule has 1 aromatic rings. The summed E-state index contributed by atoms with van der Waals surface area (Å²) < 4.78 is 0.665. The van der Waals surface area contributed by atoms with Crippen molar-refractivity contribution in [3.8, 4) is 0 Å². The molecule has 0 amide bonds. The predicted octanol–water partition coefficient (Wildman–Crippen LogP) is 2.28. The van der Waals surface area contributed by atoms with Gasteiger partial charge in [-0.3, -0.25) is 4.79 Å². The fourth-order valence-electron chi connectivity index (χ4n) is 0.821. The normalized spacial score (nSPS) is 11.7. The second-order valence-electron chi connectivity index (χ2n) is 3.36. The van der Waals surface area contributed by atoms with E-state index in [0.717, 1.165) is 4.88 Å². The molecule has 1 rings (SSSR count). The van der Waals surface area contributed by atoms with E-state index in [0.29, 0.717) is 4.34 Å². The van der Waals surface area contributed by atoms with E-state index in [1.807, 2.05) is 0 Å². The van der Waals surface area contributed by atoms with Crippen molar-refractivity contribution >= 4 is 28.7 Å². The first-order chi connectivity index (χ1) is 5.89. The highest BCUT2D eigenvalue weighted by atomic mass is 35.5. The lowest BCUT2D eigenvalue weighted by molar-refractivity contribution is -0.133. The Labute approximate surface area is 86.2 Å². The molecule has 72 valence electrons. The molecule has 1 N–H and O–H groups in total. The highest BCUT2D eigenvalue weighted by Gasteiger charge is 2.23. The van der Waals surface area contributed by atoms with Crippen LogP contribution < -0.4 is 0 Å². The molecule has 0 unspecified atom stereocenters. The van der Waals surface area contributed by atoms with Crippen LogP contribution in [-0.2, 0) is 11.2 Å². The first-order valence-electron chi connectivity index (χ1n) is 3.89. The predicted molar refractivity (Wildman–Crippen MR) is 54.3 cm³/mol. The molecule has 0 spiro atoms. The fourth-order valence-corrected chi connectivity index (χ4v) is 1.91. The van der Waals surface area contributed by atoms with Gasteiger partial charge in [-0.2, -0.15) is 0 Å². The van der Waals surface area contributed by atoms with Crippen LogP contribution in [0.3, 0.4) is 0 Å². The van der Waals surface area contributed by atoms with Gasteiger partial charge in [0.05, 0.1) is 4.34 Å². The second-order valence-corrected chi connectivity index (χ2v) is 5.16. The molecule has 0 bridgehead atoms. The van der Waals surface area contributed by atoms with Gasteiger partial charge in [-0.1, -0.05) is 11.6 Å². The molecule has 0 radical (unpaired) electrons. The van der Waals surface area contributed by atoms with E-state index in [1.54, 1.807) is 12.1 Å². The molecule has 0 atom stereocenters. The van der Waals surface area contributed by atoms with E-state index in [4.69, 9.17) is 11.6 Å². The standard InChI is InChI=1S/C9H11ClO2S/c1-9(2,12)7(11)5-6-3-4-8(10)13-6/h3-4,12H,5H2,1-2H3. The van der Waals surface area contributed by atoms with Gasteiger partial charge in [0.25, 0.3) is 0 Å². The minimum absolute atomic E-state index is 0.189. The van der Waals surface area contributed by atoms with Crippen molar-refractivity contribution in [1.29, 1.82) is 0 Å². The van der Waals surface area contributed by atoms with E-state index >= 15 is 0 Å². The van der Waals surface area contributed by atoms with Crippen LogP contribution in [0, 0.1) is 0 Å². The zero-order valence-electron chi connectivity index (χ0n) is 7.50. The molecule has 1 heterocycles. The van der Waals surface area contributed by atoms with Crippen molar-refractivity contribution in [3.63, 3.8) is 0 Å². The third kappa shape index (κ3) is 3.10. The first kappa shape index (κ1) is 10.7. The van der Waals surface area contributed by atoms with E-state index in [-0.39, 0.29) is 12.2 Å². The average Bonchev–Trinajstić information content (AvgIpc) is 2.33. The summed E-state index contributed by atoms with van der Waals surface area (Å²) in [7, 11) is 0. The van der Waals surface area contributed by atoms with E-state index in [2.05, 4.69) is 0 Å². The number of hydrogen-bond acceptors (Lipinski definition) is 3. The van der Waals surface area contributed by atoms with Crippen LogP contribution in [0.5, 0.6) is 0 Å². The SMILES string of the molecule is CC(C)(O)C(=O)Cc1ccc(Cl)s1. The Hall–Kier alpha value is -0.380. The Morgan fingerprint density at radius 1 is 1.62 bits per heavy atom. The van der Waals surface area contributed by atoms with Crippen LogP contribution in [0.25, 0.3) is 0 Å². The molecule has 13 heavy (non-hydrogen) atoms. The maximum Gasteiger partial charge on any atom is 0.168 e. The van der Waals surface area contributed by atoms with Crippen molar-refractivity contribution in [3.05, 3.63) is 21.3 Å². The number of Topliss-reactive ketones (excluding diaryl/α,β-unsaturated/α-hetero) is 1. The highest BCUT2D eigenvalue weighted by Crippen LogP contribution is 2.23. The van der Waals surface area contributed by atoms with Crippen LogP contribution >= 0.6 is 22.9 Å². The Morgan fingerprint density at radius 2 is 2.23 bits per heavy atom. The van der Waals surface area contributed by atoms with Gasteiger partial charge in [-0.25, -0.2) is 0 Å². The summed E-state index contributed by atoms with van der Waals surface area (Å²) in [6.07, 6.45) is 0.251. The minimum Gasteiger partial charge on any atom is -0.383 e. The van der Waals surface area contributed by atoms with Crippen molar-refractivity contribution in [2.45, 2.75) is 25.9 Å². The number of aliphatic hydroxyl groups is 1. The zero-order chi connectivity index (χ0) is 10.1. The summed E-state index contributed by atoms with van der Waals surface area (Å²) in [6, 6.07) is 3.55. The van der Waals surface area contributed by atoms with Crippen molar-refractivity contribution in [1.82, 2.24) is 0 Å². The number of halogens is 1. The smallest absolute Gasteiger partial charge is 0.168 e. The lowest BCUT2D eigenvalue weighted by Gasteiger charge is -2.14. The average molecular weight is 219 g/mol. The molecule has 0 saturated carbocycles. The van der Waals surface area contributed by atoms with Gasteiger partial charge < -0.3 is 5.11 Å². The topological polar surface area (TPSA) is 37.3 Å². The molecule has 0 aromatic carbocycles. The van der Waals surface area contributed by atoms with Crippen molar-refractivity contribution < 1.29 is 9.90 Å². The van der Waals surface area contributed by atoms with E-state index in [9.17, 15) is 9.90 Å². The molecular formula is C9H11ClO2S. The quantitative estimate of drug-likeness (QED) is 0.845. The zero-order valence-corrected chi connectivity index (χ0v) is 9.08. The molecule has 0 aliphatic heterocycles. The van der Waals surface area contributed by atoms with Crippen molar-refractivity contribution in [2.75, 3.05) is 0 Å². The van der Waals surface area contributed by atoms with Gasteiger partial charge in [0, 0.05) is 11.3 Å². The van der Waals surface area contributed by atoms with Gasteiger partial charge >= 0.3 is 0 Å². The number of carbonyl (C=O) groups excluding carboxylic acids is 1.